The van der Waals surface area contributed by atoms with E-state index in [4.69, 9.17) is 18.6 Å². The lowest BCUT2D eigenvalue weighted by Crippen LogP contribution is -2.13. The lowest BCUT2D eigenvalue weighted by Gasteiger charge is -2.21. The van der Waals surface area contributed by atoms with Crippen molar-refractivity contribution in [2.45, 2.75) is 19.3 Å². The molecule has 0 saturated carbocycles. The van der Waals surface area contributed by atoms with E-state index in [-0.39, 0.29) is 41.1 Å². The van der Waals surface area contributed by atoms with E-state index in [9.17, 15) is 19.8 Å². The van der Waals surface area contributed by atoms with E-state index < -0.39 is 23.1 Å². The highest BCUT2D eigenvalue weighted by Gasteiger charge is 2.29. The van der Waals surface area contributed by atoms with Crippen LogP contribution in [0.3, 0.4) is 0 Å². The molecular formula is C30H28O8. The molecule has 0 aliphatic rings. The Balaban J connectivity index is 1.97. The van der Waals surface area contributed by atoms with Gasteiger partial charge in [-0.25, -0.2) is 0 Å². The minimum atomic E-state index is -0.830. The van der Waals surface area contributed by atoms with Crippen LogP contribution >= 0.6 is 0 Å². The summed E-state index contributed by atoms with van der Waals surface area (Å²) in [6.07, 6.45) is -0.196. The van der Waals surface area contributed by atoms with Crippen molar-refractivity contribution in [3.63, 3.8) is 0 Å². The topological polar surface area (TPSA) is 115 Å². The number of carbonyl (C=O) groups is 1. The van der Waals surface area contributed by atoms with Gasteiger partial charge in [-0.15, -0.1) is 0 Å². The van der Waals surface area contributed by atoms with Crippen molar-refractivity contribution in [3.05, 3.63) is 94.2 Å². The number of fused-ring (bicyclic) bond motifs is 1. The van der Waals surface area contributed by atoms with E-state index in [0.717, 1.165) is 11.6 Å². The van der Waals surface area contributed by atoms with Crippen molar-refractivity contribution >= 4 is 16.9 Å². The Morgan fingerprint density at radius 2 is 1.74 bits per heavy atom. The maximum absolute atomic E-state index is 13.1. The lowest BCUT2D eigenvalue weighted by molar-refractivity contribution is -0.140. The maximum Gasteiger partial charge on any atom is 0.306 e. The van der Waals surface area contributed by atoms with Gasteiger partial charge in [0.25, 0.3) is 0 Å². The summed E-state index contributed by atoms with van der Waals surface area (Å²) in [6.45, 7) is 5.96. The van der Waals surface area contributed by atoms with E-state index in [1.54, 1.807) is 42.5 Å². The first-order chi connectivity index (χ1) is 18.2. The highest BCUT2D eigenvalue weighted by Crippen LogP contribution is 2.44. The number of hydrogen-bond donors (Lipinski definition) is 2. The zero-order valence-electron chi connectivity index (χ0n) is 21.3. The van der Waals surface area contributed by atoms with Crippen LogP contribution in [0.1, 0.15) is 30.4 Å². The van der Waals surface area contributed by atoms with Crippen LogP contribution in [0.2, 0.25) is 0 Å². The average molecular weight is 517 g/mol. The van der Waals surface area contributed by atoms with E-state index in [2.05, 4.69) is 6.58 Å². The van der Waals surface area contributed by atoms with E-state index >= 15 is 0 Å². The molecule has 1 atom stereocenters. The molecule has 0 spiro atoms. The third-order valence-corrected chi connectivity index (χ3v) is 6.07. The molecule has 1 heterocycles. The van der Waals surface area contributed by atoms with Crippen LogP contribution in [0.15, 0.2) is 82.0 Å². The van der Waals surface area contributed by atoms with Crippen LogP contribution in [0, 0.1) is 0 Å². The van der Waals surface area contributed by atoms with Gasteiger partial charge in [0.15, 0.2) is 16.9 Å². The van der Waals surface area contributed by atoms with Gasteiger partial charge in [0.2, 0.25) is 0 Å². The van der Waals surface area contributed by atoms with Gasteiger partial charge in [-0.3, -0.25) is 9.59 Å². The third kappa shape index (κ3) is 5.34. The Hall–Kier alpha value is -4.72. The largest absolute Gasteiger partial charge is 0.507 e. The molecule has 0 saturated heterocycles. The number of carbonyl (C=O) groups excluding carboxylic acids is 1. The summed E-state index contributed by atoms with van der Waals surface area (Å²) in [4.78, 5) is 25.7. The molecule has 1 aromatic heterocycles. The monoisotopic (exact) mass is 516 g/mol. The molecule has 4 aromatic rings. The molecule has 0 amide bonds. The smallest absolute Gasteiger partial charge is 0.306 e. The number of esters is 1. The van der Waals surface area contributed by atoms with Crippen molar-refractivity contribution in [2.24, 2.45) is 0 Å². The van der Waals surface area contributed by atoms with Gasteiger partial charge >= 0.3 is 5.97 Å². The molecule has 3 aromatic carbocycles. The quantitative estimate of drug-likeness (QED) is 0.220. The van der Waals surface area contributed by atoms with Crippen molar-refractivity contribution in [1.29, 1.82) is 0 Å². The third-order valence-electron chi connectivity index (χ3n) is 6.07. The zero-order chi connectivity index (χ0) is 27.4. The Morgan fingerprint density at radius 1 is 1.00 bits per heavy atom. The van der Waals surface area contributed by atoms with Crippen molar-refractivity contribution in [3.8, 4) is 34.3 Å². The number of aromatic hydroxyl groups is 2. The first kappa shape index (κ1) is 26.3. The lowest BCUT2D eigenvalue weighted by atomic mass is 9.86. The first-order valence-corrected chi connectivity index (χ1v) is 11.8. The second-order valence-corrected chi connectivity index (χ2v) is 8.86. The second-order valence-electron chi connectivity index (χ2n) is 8.86. The fourth-order valence-electron chi connectivity index (χ4n) is 4.26. The van der Waals surface area contributed by atoms with Gasteiger partial charge in [0.05, 0.1) is 20.6 Å². The number of phenolic OH excluding ortho intramolecular Hbond substituents is 2. The molecule has 0 aliphatic carbocycles. The summed E-state index contributed by atoms with van der Waals surface area (Å²) >= 11 is 0. The minimum Gasteiger partial charge on any atom is -0.507 e. The molecule has 196 valence electrons. The van der Waals surface area contributed by atoms with Gasteiger partial charge in [-0.1, -0.05) is 43.0 Å². The van der Waals surface area contributed by atoms with Crippen LogP contribution in [-0.4, -0.2) is 37.0 Å². The zero-order valence-corrected chi connectivity index (χ0v) is 21.3. The van der Waals surface area contributed by atoms with Crippen LogP contribution < -0.4 is 14.9 Å². The molecule has 0 bridgehead atoms. The second kappa shape index (κ2) is 11.1. The SMILES string of the molecule is C=C(C)COc1ccc([C@H](CC(=O)OC)c2c(O)cc(O)c3c(=O)cc(-c4ccccc4)oc23)cc1OC. The Kier molecular flexibility index (Phi) is 7.71. The van der Waals surface area contributed by atoms with Crippen LogP contribution in [-0.2, 0) is 9.53 Å². The van der Waals surface area contributed by atoms with E-state index in [1.807, 2.05) is 13.0 Å². The van der Waals surface area contributed by atoms with E-state index in [0.29, 0.717) is 22.6 Å². The fourth-order valence-corrected chi connectivity index (χ4v) is 4.26. The number of benzene rings is 3. The summed E-state index contributed by atoms with van der Waals surface area (Å²) in [5, 5.41) is 21.5. The number of ether oxygens (including phenoxy) is 3. The summed E-state index contributed by atoms with van der Waals surface area (Å²) in [7, 11) is 2.75. The van der Waals surface area contributed by atoms with Gasteiger partial charge in [0.1, 0.15) is 34.8 Å². The number of phenols is 2. The molecule has 8 nitrogen and oxygen atoms in total. The van der Waals surface area contributed by atoms with Crippen molar-refractivity contribution in [1.82, 2.24) is 0 Å². The summed E-state index contributed by atoms with van der Waals surface area (Å²) in [6, 6.07) is 16.4. The normalized spacial score (nSPS) is 11.7. The molecule has 8 heteroatoms. The van der Waals surface area contributed by atoms with Gasteiger partial charge < -0.3 is 28.8 Å². The molecule has 0 aliphatic heterocycles. The molecule has 0 unspecified atom stereocenters. The van der Waals surface area contributed by atoms with Gasteiger partial charge in [-0.2, -0.15) is 0 Å². The predicted octanol–water partition coefficient (Wildman–Crippen LogP) is 5.53. The highest BCUT2D eigenvalue weighted by molar-refractivity contribution is 5.90. The maximum atomic E-state index is 13.1. The predicted molar refractivity (Wildman–Crippen MR) is 143 cm³/mol. The summed E-state index contributed by atoms with van der Waals surface area (Å²) in [5.41, 5.74) is 1.63. The average Bonchev–Trinajstić information content (AvgIpc) is 2.90. The standard InChI is InChI=1S/C30H28O8/c1-17(2)16-37-24-11-10-19(12-26(24)35-3)20(13-27(34)36-4)28-21(31)14-22(32)29-23(33)15-25(38-30(28)29)18-8-6-5-7-9-18/h5-12,14-15,20,31-32H,1,13,16H2,2-4H3/t20-/m0/s1. The molecule has 0 radical (unpaired) electrons. The molecule has 0 fully saturated rings. The Bertz CT molecular complexity index is 1550. The van der Waals surface area contributed by atoms with Gasteiger partial charge in [0, 0.05) is 29.2 Å². The first-order valence-electron chi connectivity index (χ1n) is 11.8. The fraction of sp³-hybridized carbons (Fsp3) is 0.200. The minimum absolute atomic E-state index is 0.0377. The van der Waals surface area contributed by atoms with E-state index in [1.165, 1.54) is 20.3 Å². The Morgan fingerprint density at radius 3 is 2.39 bits per heavy atom. The highest BCUT2D eigenvalue weighted by atomic mass is 16.5. The van der Waals surface area contributed by atoms with Crippen molar-refractivity contribution < 1.29 is 33.6 Å². The summed E-state index contributed by atoms with van der Waals surface area (Å²) < 4.78 is 22.4. The van der Waals surface area contributed by atoms with Crippen LogP contribution in [0.25, 0.3) is 22.3 Å². The van der Waals surface area contributed by atoms with Crippen LogP contribution in [0.5, 0.6) is 23.0 Å². The van der Waals surface area contributed by atoms with Crippen molar-refractivity contribution in [2.75, 3.05) is 20.8 Å². The number of rotatable bonds is 9. The number of methoxy groups -OCH3 is 2. The summed E-state index contributed by atoms with van der Waals surface area (Å²) in [5.74, 6) is -1.07. The van der Waals surface area contributed by atoms with Gasteiger partial charge in [-0.05, 0) is 30.2 Å². The molecule has 2 N–H and O–H groups in total. The molecular weight excluding hydrogens is 488 g/mol. The Labute approximate surface area is 219 Å². The number of hydrogen-bond acceptors (Lipinski definition) is 8. The molecule has 4 rings (SSSR count). The molecule has 38 heavy (non-hydrogen) atoms. The van der Waals surface area contributed by atoms with Crippen LogP contribution in [0.4, 0.5) is 0 Å².